The van der Waals surface area contributed by atoms with Crippen LogP contribution in [0.5, 0.6) is 0 Å². The molecule has 0 bridgehead atoms. The van der Waals surface area contributed by atoms with E-state index in [1.54, 1.807) is 22.5 Å². The lowest BCUT2D eigenvalue weighted by molar-refractivity contribution is 0.281. The predicted octanol–water partition coefficient (Wildman–Crippen LogP) is 1.76. The molecule has 1 aliphatic heterocycles. The molecule has 1 heterocycles. The molecule has 1 atom stereocenters. The van der Waals surface area contributed by atoms with E-state index in [0.717, 1.165) is 24.0 Å². The van der Waals surface area contributed by atoms with Crippen LogP contribution < -0.4 is 0 Å². The molecule has 2 rings (SSSR count). The van der Waals surface area contributed by atoms with Gasteiger partial charge < -0.3 is 5.11 Å². The van der Waals surface area contributed by atoms with Crippen molar-refractivity contribution in [1.29, 1.82) is 0 Å². The molecular weight excluding hydrogens is 286 g/mol. The maximum Gasteiger partial charge on any atom is 0.243 e. The number of aryl methyl sites for hydroxylation is 1. The number of rotatable bonds is 2. The number of hydrogen-bond acceptors (Lipinski definition) is 3. The molecule has 1 aromatic rings. The normalized spacial score (nSPS) is 19.9. The Bertz CT molecular complexity index is 670. The molecule has 0 aromatic heterocycles. The van der Waals surface area contributed by atoms with Crippen LogP contribution in [0, 0.1) is 24.7 Å². The molecule has 21 heavy (non-hydrogen) atoms. The summed E-state index contributed by atoms with van der Waals surface area (Å²) in [7, 11) is -3.42. The molecule has 0 amide bonds. The first kappa shape index (κ1) is 16.0. The highest BCUT2D eigenvalue weighted by Gasteiger charge is 2.28. The van der Waals surface area contributed by atoms with Crippen molar-refractivity contribution in [2.75, 3.05) is 19.7 Å². The number of benzene rings is 1. The molecule has 1 N–H and O–H groups in total. The largest absolute Gasteiger partial charge is 0.384 e. The quantitative estimate of drug-likeness (QED) is 0.847. The van der Waals surface area contributed by atoms with Gasteiger partial charge in [0.05, 0.1) is 4.90 Å². The average Bonchev–Trinajstić information content (AvgIpc) is 2.46. The number of piperidine rings is 1. The van der Waals surface area contributed by atoms with Crippen molar-refractivity contribution in [2.45, 2.75) is 31.6 Å². The summed E-state index contributed by atoms with van der Waals surface area (Å²) in [5.41, 5.74) is 1.55. The topological polar surface area (TPSA) is 57.6 Å². The minimum Gasteiger partial charge on any atom is -0.384 e. The first-order chi connectivity index (χ1) is 9.95. The summed E-state index contributed by atoms with van der Waals surface area (Å²) in [5, 5.41) is 8.72. The van der Waals surface area contributed by atoms with Crippen LogP contribution in [0.2, 0.25) is 0 Å². The monoisotopic (exact) mass is 307 g/mol. The minimum atomic E-state index is -3.42. The number of sulfonamides is 1. The molecule has 1 aliphatic rings. The Morgan fingerprint density at radius 3 is 2.81 bits per heavy atom. The van der Waals surface area contributed by atoms with Crippen LogP contribution in [0.4, 0.5) is 0 Å². The van der Waals surface area contributed by atoms with Crippen LogP contribution in [0.3, 0.4) is 0 Å². The fourth-order valence-electron chi connectivity index (χ4n) is 2.59. The molecule has 114 valence electrons. The highest BCUT2D eigenvalue weighted by Crippen LogP contribution is 2.24. The van der Waals surface area contributed by atoms with Crippen molar-refractivity contribution in [3.05, 3.63) is 29.3 Å². The molecule has 0 saturated carbocycles. The van der Waals surface area contributed by atoms with E-state index < -0.39 is 10.0 Å². The zero-order valence-corrected chi connectivity index (χ0v) is 13.3. The van der Waals surface area contributed by atoms with Gasteiger partial charge in [0, 0.05) is 18.7 Å². The number of aliphatic hydroxyl groups is 1. The van der Waals surface area contributed by atoms with Gasteiger partial charge in [0.1, 0.15) is 6.61 Å². The summed E-state index contributed by atoms with van der Waals surface area (Å²) in [4.78, 5) is 0.323. The van der Waals surface area contributed by atoms with E-state index in [1.165, 1.54) is 0 Å². The zero-order valence-electron chi connectivity index (χ0n) is 12.5. The summed E-state index contributed by atoms with van der Waals surface area (Å²) >= 11 is 0. The third kappa shape index (κ3) is 3.65. The maximum atomic E-state index is 12.7. The molecule has 1 aromatic carbocycles. The summed E-state index contributed by atoms with van der Waals surface area (Å²) < 4.78 is 26.9. The molecular formula is C16H21NO3S. The lowest BCUT2D eigenvalue weighted by Crippen LogP contribution is -2.39. The van der Waals surface area contributed by atoms with Gasteiger partial charge in [-0.25, -0.2) is 8.42 Å². The molecule has 4 nitrogen and oxygen atoms in total. The second kappa shape index (κ2) is 6.61. The predicted molar refractivity (Wildman–Crippen MR) is 82.3 cm³/mol. The third-order valence-corrected chi connectivity index (χ3v) is 5.62. The van der Waals surface area contributed by atoms with E-state index in [4.69, 9.17) is 5.11 Å². The first-order valence-electron chi connectivity index (χ1n) is 7.15. The molecule has 1 unspecified atom stereocenters. The molecule has 1 saturated heterocycles. The van der Waals surface area contributed by atoms with Crippen LogP contribution in [0.15, 0.2) is 23.1 Å². The van der Waals surface area contributed by atoms with Gasteiger partial charge in [-0.1, -0.05) is 18.8 Å². The van der Waals surface area contributed by atoms with Crippen molar-refractivity contribution in [2.24, 2.45) is 5.92 Å². The Morgan fingerprint density at radius 2 is 2.19 bits per heavy atom. The second-order valence-corrected chi connectivity index (χ2v) is 7.49. The van der Waals surface area contributed by atoms with E-state index in [2.05, 4.69) is 18.8 Å². The second-order valence-electron chi connectivity index (χ2n) is 5.55. The summed E-state index contributed by atoms with van der Waals surface area (Å²) in [6.45, 7) is 4.90. The fourth-order valence-corrected chi connectivity index (χ4v) is 4.27. The molecule has 0 radical (unpaired) electrons. The first-order valence-corrected chi connectivity index (χ1v) is 8.59. The SMILES string of the molecule is Cc1cc(S(=O)(=O)N2CCCC(C)C2)ccc1C#CCO. The van der Waals surface area contributed by atoms with Crippen LogP contribution in [0.25, 0.3) is 0 Å². The van der Waals surface area contributed by atoms with Crippen molar-refractivity contribution in [3.63, 3.8) is 0 Å². The van der Waals surface area contributed by atoms with Gasteiger partial charge in [-0.15, -0.1) is 0 Å². The summed E-state index contributed by atoms with van der Waals surface area (Å²) in [6, 6.07) is 4.97. The van der Waals surface area contributed by atoms with Gasteiger partial charge in [0.25, 0.3) is 0 Å². The van der Waals surface area contributed by atoms with Crippen molar-refractivity contribution in [3.8, 4) is 11.8 Å². The van der Waals surface area contributed by atoms with E-state index in [1.807, 2.05) is 6.92 Å². The number of nitrogens with zero attached hydrogens (tertiary/aromatic N) is 1. The molecule has 1 fully saturated rings. The van der Waals surface area contributed by atoms with Gasteiger partial charge in [-0.2, -0.15) is 4.31 Å². The lowest BCUT2D eigenvalue weighted by Gasteiger charge is -2.30. The van der Waals surface area contributed by atoms with Crippen LogP contribution in [-0.2, 0) is 10.0 Å². The minimum absolute atomic E-state index is 0.203. The lowest BCUT2D eigenvalue weighted by atomic mass is 10.0. The van der Waals surface area contributed by atoms with E-state index in [-0.39, 0.29) is 6.61 Å². The number of aliphatic hydroxyl groups excluding tert-OH is 1. The van der Waals surface area contributed by atoms with Gasteiger partial charge in [-0.3, -0.25) is 0 Å². The molecule has 0 spiro atoms. The Labute approximate surface area is 126 Å². The van der Waals surface area contributed by atoms with Gasteiger partial charge in [-0.05, 0) is 49.4 Å². The standard InChI is InChI=1S/C16H21NO3S/c1-13-5-3-9-17(12-13)21(19,20)16-8-7-15(6-4-10-18)14(2)11-16/h7-8,11,13,18H,3,5,9-10,12H2,1-2H3. The Kier molecular flexibility index (Phi) is 5.04. The van der Waals surface area contributed by atoms with Crippen molar-refractivity contribution in [1.82, 2.24) is 4.31 Å². The highest BCUT2D eigenvalue weighted by molar-refractivity contribution is 7.89. The molecule has 0 aliphatic carbocycles. The van der Waals surface area contributed by atoms with Crippen molar-refractivity contribution < 1.29 is 13.5 Å². The van der Waals surface area contributed by atoms with E-state index >= 15 is 0 Å². The number of hydrogen-bond donors (Lipinski definition) is 1. The van der Waals surface area contributed by atoms with Gasteiger partial charge in [0.2, 0.25) is 10.0 Å². The maximum absolute atomic E-state index is 12.7. The van der Waals surface area contributed by atoms with Gasteiger partial charge >= 0.3 is 0 Å². The summed E-state index contributed by atoms with van der Waals surface area (Å²) in [5.74, 6) is 5.80. The summed E-state index contributed by atoms with van der Waals surface area (Å²) in [6.07, 6.45) is 2.00. The van der Waals surface area contributed by atoms with Gasteiger partial charge in [0.15, 0.2) is 0 Å². The average molecular weight is 307 g/mol. The van der Waals surface area contributed by atoms with Crippen LogP contribution in [0.1, 0.15) is 30.9 Å². The fraction of sp³-hybridized carbons (Fsp3) is 0.500. The third-order valence-electron chi connectivity index (χ3n) is 3.76. The molecule has 5 heteroatoms. The highest BCUT2D eigenvalue weighted by atomic mass is 32.2. The van der Waals surface area contributed by atoms with E-state index in [9.17, 15) is 8.42 Å². The van der Waals surface area contributed by atoms with E-state index in [0.29, 0.717) is 23.9 Å². The zero-order chi connectivity index (χ0) is 15.5. The Morgan fingerprint density at radius 1 is 1.43 bits per heavy atom. The van der Waals surface area contributed by atoms with Crippen LogP contribution in [-0.4, -0.2) is 37.5 Å². The Balaban J connectivity index is 2.30. The van der Waals surface area contributed by atoms with Crippen LogP contribution >= 0.6 is 0 Å². The smallest absolute Gasteiger partial charge is 0.243 e. The Hall–Kier alpha value is -1.35. The van der Waals surface area contributed by atoms with Crippen molar-refractivity contribution >= 4 is 10.0 Å².